The van der Waals surface area contributed by atoms with Crippen LogP contribution >= 0.6 is 11.3 Å². The third-order valence-electron chi connectivity index (χ3n) is 4.62. The molecule has 0 amide bonds. The van der Waals surface area contributed by atoms with Crippen LogP contribution in [0.1, 0.15) is 11.8 Å². The molecule has 0 atom stereocenters. The predicted molar refractivity (Wildman–Crippen MR) is 109 cm³/mol. The molecule has 0 unspecified atom stereocenters. The molecule has 0 spiro atoms. The number of hydrogen-bond acceptors (Lipinski definition) is 3. The highest BCUT2D eigenvalue weighted by Crippen LogP contribution is 2.41. The second kappa shape index (κ2) is 8.58. The van der Waals surface area contributed by atoms with Crippen molar-refractivity contribution in [2.75, 3.05) is 6.61 Å². The van der Waals surface area contributed by atoms with Crippen molar-refractivity contribution in [1.29, 1.82) is 0 Å². The summed E-state index contributed by atoms with van der Waals surface area (Å²) in [5, 5.41) is 0.495. The van der Waals surface area contributed by atoms with Crippen molar-refractivity contribution >= 4 is 21.4 Å². The van der Waals surface area contributed by atoms with Crippen molar-refractivity contribution in [3.8, 4) is 22.6 Å². The molecule has 0 saturated heterocycles. The maximum atomic E-state index is 14.7. The number of thiophene rings is 1. The standard InChI is InChI=1S/C23H13F7O2S/c1-2-31-13-4-3-11-7-20(33-19(11)10-13)23(29,30)32-14-8-15(24)21(16(25)9-14)12-5-17(26)22(28)18(27)6-12/h3-10H,2H2,1H3. The third-order valence-corrected chi connectivity index (χ3v) is 5.77. The first kappa shape index (κ1) is 22.9. The Morgan fingerprint density at radius 2 is 1.42 bits per heavy atom. The Morgan fingerprint density at radius 1 is 0.788 bits per heavy atom. The molecule has 0 N–H and O–H groups in total. The van der Waals surface area contributed by atoms with Crippen molar-refractivity contribution in [3.63, 3.8) is 0 Å². The van der Waals surface area contributed by atoms with Crippen LogP contribution in [0.25, 0.3) is 21.2 Å². The summed E-state index contributed by atoms with van der Waals surface area (Å²) in [4.78, 5) is -0.515. The molecule has 0 aliphatic rings. The molecule has 0 aliphatic carbocycles. The summed E-state index contributed by atoms with van der Waals surface area (Å²) in [5.41, 5.74) is -1.57. The molecule has 33 heavy (non-hydrogen) atoms. The van der Waals surface area contributed by atoms with Crippen LogP contribution in [0, 0.1) is 29.1 Å². The van der Waals surface area contributed by atoms with Crippen LogP contribution in [-0.4, -0.2) is 6.61 Å². The Bertz CT molecular complexity index is 1300. The minimum atomic E-state index is -3.94. The average Bonchev–Trinajstić information content (AvgIpc) is 3.16. The first-order valence-electron chi connectivity index (χ1n) is 9.46. The lowest BCUT2D eigenvalue weighted by Gasteiger charge is -2.17. The first-order chi connectivity index (χ1) is 15.6. The van der Waals surface area contributed by atoms with Gasteiger partial charge in [-0.3, -0.25) is 0 Å². The second-order valence-electron chi connectivity index (χ2n) is 6.88. The van der Waals surface area contributed by atoms with Crippen LogP contribution in [0.3, 0.4) is 0 Å². The summed E-state index contributed by atoms with van der Waals surface area (Å²) < 4.78 is 109. The summed E-state index contributed by atoms with van der Waals surface area (Å²) in [7, 11) is 0. The Hall–Kier alpha value is -3.27. The van der Waals surface area contributed by atoms with Crippen LogP contribution in [0.2, 0.25) is 0 Å². The molecular formula is C23H13F7O2S. The van der Waals surface area contributed by atoms with E-state index >= 15 is 0 Å². The minimum Gasteiger partial charge on any atom is -0.494 e. The number of fused-ring (bicyclic) bond motifs is 1. The maximum Gasteiger partial charge on any atom is 0.436 e. The van der Waals surface area contributed by atoms with Gasteiger partial charge in [0.15, 0.2) is 17.5 Å². The van der Waals surface area contributed by atoms with Gasteiger partial charge in [0.2, 0.25) is 0 Å². The fourth-order valence-corrected chi connectivity index (χ4v) is 4.20. The van der Waals surface area contributed by atoms with E-state index in [1.54, 1.807) is 25.1 Å². The molecule has 1 heterocycles. The number of hydrogen-bond donors (Lipinski definition) is 0. The zero-order valence-corrected chi connectivity index (χ0v) is 17.5. The van der Waals surface area contributed by atoms with Crippen molar-refractivity contribution in [3.05, 3.63) is 82.5 Å². The van der Waals surface area contributed by atoms with Gasteiger partial charge in [-0.2, -0.15) is 8.78 Å². The number of benzene rings is 3. The Labute approximate surface area is 186 Å². The molecule has 10 heteroatoms. The summed E-state index contributed by atoms with van der Waals surface area (Å²) in [5.74, 6) is -8.34. The molecule has 0 saturated carbocycles. The lowest BCUT2D eigenvalue weighted by atomic mass is 10.0. The van der Waals surface area contributed by atoms with Crippen LogP contribution in [-0.2, 0) is 6.11 Å². The normalized spacial score (nSPS) is 11.8. The van der Waals surface area contributed by atoms with Crippen LogP contribution in [0.4, 0.5) is 30.7 Å². The second-order valence-corrected chi connectivity index (χ2v) is 7.96. The van der Waals surface area contributed by atoms with Gasteiger partial charge in [0.05, 0.1) is 12.2 Å². The highest BCUT2D eigenvalue weighted by Gasteiger charge is 2.37. The van der Waals surface area contributed by atoms with Crippen molar-refractivity contribution in [2.24, 2.45) is 0 Å². The van der Waals surface area contributed by atoms with Gasteiger partial charge in [0, 0.05) is 16.8 Å². The molecular weight excluding hydrogens is 473 g/mol. The van der Waals surface area contributed by atoms with Gasteiger partial charge in [0.25, 0.3) is 0 Å². The number of alkyl halides is 2. The Morgan fingerprint density at radius 3 is 2.03 bits per heavy atom. The van der Waals surface area contributed by atoms with E-state index in [2.05, 4.69) is 4.74 Å². The molecule has 0 bridgehead atoms. The van der Waals surface area contributed by atoms with Crippen molar-refractivity contribution < 1.29 is 40.2 Å². The van der Waals surface area contributed by atoms with Gasteiger partial charge in [-0.1, -0.05) is 0 Å². The molecule has 0 fully saturated rings. The van der Waals surface area contributed by atoms with E-state index in [9.17, 15) is 30.7 Å². The van der Waals surface area contributed by atoms with Gasteiger partial charge in [-0.15, -0.1) is 11.3 Å². The zero-order valence-electron chi connectivity index (χ0n) is 16.7. The van der Waals surface area contributed by atoms with Gasteiger partial charge < -0.3 is 9.47 Å². The fourth-order valence-electron chi connectivity index (χ4n) is 3.19. The first-order valence-corrected chi connectivity index (χ1v) is 10.3. The molecule has 4 aromatic rings. The lowest BCUT2D eigenvalue weighted by molar-refractivity contribution is -0.182. The topological polar surface area (TPSA) is 18.5 Å². The number of halogens is 7. The predicted octanol–water partition coefficient (Wildman–Crippen LogP) is 7.79. The van der Waals surface area contributed by atoms with E-state index in [4.69, 9.17) is 4.74 Å². The van der Waals surface area contributed by atoms with Crippen LogP contribution in [0.5, 0.6) is 11.5 Å². The van der Waals surface area contributed by atoms with E-state index in [-0.39, 0.29) is 0 Å². The summed E-state index contributed by atoms with van der Waals surface area (Å²) in [6.45, 7) is 2.17. The maximum absolute atomic E-state index is 14.7. The molecule has 0 aliphatic heterocycles. The van der Waals surface area contributed by atoms with E-state index in [0.29, 0.717) is 58.0 Å². The van der Waals surface area contributed by atoms with E-state index in [1.165, 1.54) is 6.07 Å². The average molecular weight is 486 g/mol. The molecule has 172 valence electrons. The highest BCUT2D eigenvalue weighted by atomic mass is 32.1. The molecule has 3 aromatic carbocycles. The molecule has 2 nitrogen and oxygen atoms in total. The van der Waals surface area contributed by atoms with Gasteiger partial charge in [0.1, 0.15) is 28.0 Å². The quantitative estimate of drug-likeness (QED) is 0.205. The monoisotopic (exact) mass is 486 g/mol. The van der Waals surface area contributed by atoms with Gasteiger partial charge >= 0.3 is 6.11 Å². The molecule has 0 radical (unpaired) electrons. The molecule has 4 rings (SSSR count). The van der Waals surface area contributed by atoms with Crippen molar-refractivity contribution in [2.45, 2.75) is 13.0 Å². The van der Waals surface area contributed by atoms with Crippen molar-refractivity contribution in [1.82, 2.24) is 0 Å². The third kappa shape index (κ3) is 4.47. The Balaban J connectivity index is 1.65. The van der Waals surface area contributed by atoms with E-state index in [1.807, 2.05) is 0 Å². The zero-order chi connectivity index (χ0) is 23.9. The van der Waals surface area contributed by atoms with Crippen LogP contribution in [0.15, 0.2) is 48.5 Å². The highest BCUT2D eigenvalue weighted by molar-refractivity contribution is 7.19. The lowest BCUT2D eigenvalue weighted by Crippen LogP contribution is -2.20. The van der Waals surface area contributed by atoms with E-state index in [0.717, 1.165) is 0 Å². The summed E-state index contributed by atoms with van der Waals surface area (Å²) in [6, 6.07) is 7.65. The summed E-state index contributed by atoms with van der Waals surface area (Å²) >= 11 is 0.715. The largest absolute Gasteiger partial charge is 0.494 e. The number of ether oxygens (including phenoxy) is 2. The fraction of sp³-hybridized carbons (Fsp3) is 0.130. The minimum absolute atomic E-state index is 0.392. The molecule has 1 aromatic heterocycles. The smallest absolute Gasteiger partial charge is 0.436 e. The Kier molecular flexibility index (Phi) is 5.96. The van der Waals surface area contributed by atoms with Gasteiger partial charge in [-0.05, 0) is 54.3 Å². The summed E-state index contributed by atoms with van der Waals surface area (Å²) in [6.07, 6.45) is -3.94. The van der Waals surface area contributed by atoms with Crippen LogP contribution < -0.4 is 9.47 Å². The number of rotatable bonds is 6. The van der Waals surface area contributed by atoms with Gasteiger partial charge in [-0.25, -0.2) is 22.0 Å². The van der Waals surface area contributed by atoms with E-state index < -0.39 is 56.9 Å². The SMILES string of the molecule is CCOc1ccc2cc(C(F)(F)Oc3cc(F)c(-c4cc(F)c(F)c(F)c4)c(F)c3)sc2c1.